The number of primary sulfonamides is 1. The van der Waals surface area contributed by atoms with Crippen LogP contribution in [-0.2, 0) is 16.6 Å². The van der Waals surface area contributed by atoms with Crippen LogP contribution in [0.1, 0.15) is 5.56 Å². The second-order valence-corrected chi connectivity index (χ2v) is 5.92. The van der Waals surface area contributed by atoms with Crippen molar-refractivity contribution in [2.24, 2.45) is 5.14 Å². The first-order valence-corrected chi connectivity index (χ1v) is 7.18. The van der Waals surface area contributed by atoms with E-state index in [1.807, 2.05) is 0 Å². The first kappa shape index (κ1) is 14.4. The van der Waals surface area contributed by atoms with Gasteiger partial charge in [0.15, 0.2) is 0 Å². The van der Waals surface area contributed by atoms with E-state index >= 15 is 0 Å². The molecule has 1 heterocycles. The number of nitro groups is 1. The van der Waals surface area contributed by atoms with E-state index in [0.29, 0.717) is 5.56 Å². The monoisotopic (exact) mass is 316 g/mol. The Morgan fingerprint density at radius 2 is 2.15 bits per heavy atom. The molecule has 0 bridgehead atoms. The minimum Gasteiger partial charge on any atom is -0.267 e. The summed E-state index contributed by atoms with van der Waals surface area (Å²) in [4.78, 5) is 9.92. The second-order valence-electron chi connectivity index (χ2n) is 3.95. The number of benzene rings is 1. The van der Waals surface area contributed by atoms with Crippen LogP contribution in [0.5, 0.6) is 0 Å². The van der Waals surface area contributed by atoms with E-state index in [2.05, 4.69) is 5.10 Å². The molecule has 1 aromatic heterocycles. The maximum Gasteiger partial charge on any atom is 0.270 e. The first-order chi connectivity index (χ1) is 9.27. The molecule has 20 heavy (non-hydrogen) atoms. The first-order valence-electron chi connectivity index (χ1n) is 5.25. The molecule has 0 aliphatic rings. The van der Waals surface area contributed by atoms with Crippen molar-refractivity contribution in [2.75, 3.05) is 0 Å². The van der Waals surface area contributed by atoms with E-state index in [9.17, 15) is 18.5 Å². The van der Waals surface area contributed by atoms with Crippen LogP contribution < -0.4 is 5.14 Å². The summed E-state index contributed by atoms with van der Waals surface area (Å²) in [6.07, 6.45) is 2.38. The Balaban J connectivity index is 2.27. The van der Waals surface area contributed by atoms with Gasteiger partial charge in [-0.1, -0.05) is 11.6 Å². The molecule has 0 aliphatic carbocycles. The third-order valence-electron chi connectivity index (χ3n) is 2.52. The van der Waals surface area contributed by atoms with Crippen LogP contribution in [0.25, 0.3) is 0 Å². The minimum atomic E-state index is -3.81. The maximum absolute atomic E-state index is 11.1. The number of hydrogen-bond donors (Lipinski definition) is 1. The highest BCUT2D eigenvalue weighted by Crippen LogP contribution is 2.23. The number of aromatic nitrogens is 2. The van der Waals surface area contributed by atoms with Gasteiger partial charge >= 0.3 is 0 Å². The number of sulfonamides is 1. The molecule has 0 atom stereocenters. The van der Waals surface area contributed by atoms with Crippen LogP contribution in [0, 0.1) is 10.1 Å². The predicted octanol–water partition coefficient (Wildman–Crippen LogP) is 1.14. The van der Waals surface area contributed by atoms with Gasteiger partial charge in [-0.3, -0.25) is 14.8 Å². The fourth-order valence-electron chi connectivity index (χ4n) is 1.53. The van der Waals surface area contributed by atoms with Gasteiger partial charge in [-0.05, 0) is 11.6 Å². The summed E-state index contributed by atoms with van der Waals surface area (Å²) in [5, 5.41) is 19.6. The van der Waals surface area contributed by atoms with Crippen molar-refractivity contribution >= 4 is 27.3 Å². The lowest BCUT2D eigenvalue weighted by molar-refractivity contribution is -0.384. The van der Waals surface area contributed by atoms with Crippen molar-refractivity contribution in [3.8, 4) is 0 Å². The second kappa shape index (κ2) is 5.19. The molecule has 1 aromatic carbocycles. The van der Waals surface area contributed by atoms with E-state index in [1.165, 1.54) is 29.1 Å². The third-order valence-corrected chi connectivity index (χ3v) is 3.74. The molecule has 0 saturated heterocycles. The van der Waals surface area contributed by atoms with Gasteiger partial charge in [-0.2, -0.15) is 5.10 Å². The summed E-state index contributed by atoms with van der Waals surface area (Å²) in [5.74, 6) is 0. The molecule has 0 fully saturated rings. The lowest BCUT2D eigenvalue weighted by atomic mass is 10.2. The van der Waals surface area contributed by atoms with E-state index in [-0.39, 0.29) is 22.2 Å². The molecule has 8 nitrogen and oxygen atoms in total. The lowest BCUT2D eigenvalue weighted by Gasteiger charge is -2.04. The molecule has 0 unspecified atom stereocenters. The van der Waals surface area contributed by atoms with Crippen molar-refractivity contribution in [1.29, 1.82) is 0 Å². The third kappa shape index (κ3) is 3.13. The number of nitro benzene ring substituents is 1. The van der Waals surface area contributed by atoms with Crippen LogP contribution in [0.3, 0.4) is 0 Å². The zero-order chi connectivity index (χ0) is 14.9. The standard InChI is InChI=1S/C10H9ClN4O4S/c11-10-3-8(15(16)17)2-1-7(10)5-14-6-9(4-13-14)20(12,18)19/h1-4,6H,5H2,(H2,12,18,19). The summed E-state index contributed by atoms with van der Waals surface area (Å²) in [7, 11) is -3.81. The zero-order valence-electron chi connectivity index (χ0n) is 9.93. The Bertz CT molecular complexity index is 771. The molecule has 106 valence electrons. The van der Waals surface area contributed by atoms with Crippen molar-refractivity contribution < 1.29 is 13.3 Å². The van der Waals surface area contributed by atoms with Crippen molar-refractivity contribution in [3.05, 3.63) is 51.3 Å². The number of rotatable bonds is 4. The number of halogens is 1. The van der Waals surface area contributed by atoms with Crippen LogP contribution >= 0.6 is 11.6 Å². The quantitative estimate of drug-likeness (QED) is 0.669. The SMILES string of the molecule is NS(=O)(=O)c1cnn(Cc2ccc([N+](=O)[O-])cc2Cl)c1. The summed E-state index contributed by atoms with van der Waals surface area (Å²) >= 11 is 5.93. The Hall–Kier alpha value is -1.97. The number of nitrogens with zero attached hydrogens (tertiary/aromatic N) is 3. The van der Waals surface area contributed by atoms with Crippen molar-refractivity contribution in [2.45, 2.75) is 11.4 Å². The van der Waals surface area contributed by atoms with Gasteiger partial charge in [0, 0.05) is 18.3 Å². The molecule has 0 spiro atoms. The highest BCUT2D eigenvalue weighted by molar-refractivity contribution is 7.89. The number of hydrogen-bond acceptors (Lipinski definition) is 5. The topological polar surface area (TPSA) is 121 Å². The molecule has 0 radical (unpaired) electrons. The highest BCUT2D eigenvalue weighted by atomic mass is 35.5. The average molecular weight is 317 g/mol. The molecule has 2 N–H and O–H groups in total. The van der Waals surface area contributed by atoms with E-state index in [0.717, 1.165) is 6.20 Å². The van der Waals surface area contributed by atoms with E-state index < -0.39 is 14.9 Å². The van der Waals surface area contributed by atoms with Gasteiger partial charge in [0.25, 0.3) is 5.69 Å². The fourth-order valence-corrected chi connectivity index (χ4v) is 2.23. The minimum absolute atomic E-state index is 0.115. The summed E-state index contributed by atoms with van der Waals surface area (Å²) in [6, 6.07) is 4.02. The Morgan fingerprint density at radius 3 is 2.65 bits per heavy atom. The Morgan fingerprint density at radius 1 is 1.45 bits per heavy atom. The van der Waals surface area contributed by atoms with E-state index in [1.54, 1.807) is 0 Å². The molecule has 0 saturated carbocycles. The van der Waals surface area contributed by atoms with Crippen LogP contribution in [-0.4, -0.2) is 23.1 Å². The Labute approximate surface area is 119 Å². The largest absolute Gasteiger partial charge is 0.270 e. The molecule has 0 amide bonds. The van der Waals surface area contributed by atoms with Crippen LogP contribution in [0.2, 0.25) is 5.02 Å². The maximum atomic E-state index is 11.1. The predicted molar refractivity (Wildman–Crippen MR) is 70.8 cm³/mol. The van der Waals surface area contributed by atoms with Crippen LogP contribution in [0.15, 0.2) is 35.5 Å². The van der Waals surface area contributed by atoms with E-state index in [4.69, 9.17) is 16.7 Å². The summed E-state index contributed by atoms with van der Waals surface area (Å²) < 4.78 is 23.5. The molecular weight excluding hydrogens is 308 g/mol. The zero-order valence-corrected chi connectivity index (χ0v) is 11.5. The molecule has 2 aromatic rings. The van der Waals surface area contributed by atoms with Gasteiger partial charge < -0.3 is 0 Å². The number of non-ortho nitro benzene ring substituents is 1. The van der Waals surface area contributed by atoms with Gasteiger partial charge in [0.2, 0.25) is 10.0 Å². The van der Waals surface area contributed by atoms with Gasteiger partial charge in [0.05, 0.1) is 22.7 Å². The average Bonchev–Trinajstić information content (AvgIpc) is 2.80. The normalized spacial score (nSPS) is 11.5. The highest BCUT2D eigenvalue weighted by Gasteiger charge is 2.13. The van der Waals surface area contributed by atoms with Crippen LogP contribution in [0.4, 0.5) is 5.69 Å². The molecule has 10 heteroatoms. The fraction of sp³-hybridized carbons (Fsp3) is 0.100. The van der Waals surface area contributed by atoms with Crippen molar-refractivity contribution in [1.82, 2.24) is 9.78 Å². The summed E-state index contributed by atoms with van der Waals surface area (Å²) in [6.45, 7) is 0.173. The number of nitrogens with two attached hydrogens (primary N) is 1. The summed E-state index contributed by atoms with van der Waals surface area (Å²) in [5.41, 5.74) is 0.450. The Kier molecular flexibility index (Phi) is 3.75. The van der Waals surface area contributed by atoms with Gasteiger partial charge in [-0.15, -0.1) is 0 Å². The van der Waals surface area contributed by atoms with Gasteiger partial charge in [-0.25, -0.2) is 13.6 Å². The smallest absolute Gasteiger partial charge is 0.267 e. The molecule has 2 rings (SSSR count). The lowest BCUT2D eigenvalue weighted by Crippen LogP contribution is -2.11. The molecular formula is C10H9ClN4O4S. The van der Waals surface area contributed by atoms with Crippen molar-refractivity contribution in [3.63, 3.8) is 0 Å². The molecule has 0 aliphatic heterocycles. The van der Waals surface area contributed by atoms with Gasteiger partial charge in [0.1, 0.15) is 4.90 Å².